The Kier molecular flexibility index (Phi) is 4.51. The van der Waals surface area contributed by atoms with Crippen molar-refractivity contribution in [2.75, 3.05) is 5.32 Å². The number of hydrogen-bond acceptors (Lipinski definition) is 5. The first-order valence-corrected chi connectivity index (χ1v) is 7.45. The molecule has 0 bridgehead atoms. The number of rotatable bonds is 6. The monoisotopic (exact) mass is 322 g/mol. The van der Waals surface area contributed by atoms with Crippen molar-refractivity contribution in [2.45, 2.75) is 13.3 Å². The predicted molar refractivity (Wildman–Crippen MR) is 89.4 cm³/mol. The maximum atomic E-state index is 10.4. The molecule has 121 valence electrons. The van der Waals surface area contributed by atoms with Gasteiger partial charge in [-0.1, -0.05) is 6.92 Å². The second-order valence-electron chi connectivity index (χ2n) is 5.10. The highest BCUT2D eigenvalue weighted by Crippen LogP contribution is 2.28. The van der Waals surface area contributed by atoms with Crippen LogP contribution < -0.4 is 10.1 Å². The zero-order valence-corrected chi connectivity index (χ0v) is 13.4. The van der Waals surface area contributed by atoms with Gasteiger partial charge in [-0.25, -0.2) is 4.98 Å². The molecule has 0 aliphatic rings. The third-order valence-electron chi connectivity index (χ3n) is 3.41. The van der Waals surface area contributed by atoms with E-state index in [0.717, 1.165) is 17.0 Å². The van der Waals surface area contributed by atoms with Gasteiger partial charge in [0.2, 0.25) is 0 Å². The van der Waals surface area contributed by atoms with E-state index in [1.165, 1.54) is 0 Å². The maximum absolute atomic E-state index is 10.4. The van der Waals surface area contributed by atoms with Crippen molar-refractivity contribution in [3.8, 4) is 22.8 Å². The number of nitrogens with zero attached hydrogens (tertiary/aromatic N) is 4. The van der Waals surface area contributed by atoms with Gasteiger partial charge in [0.25, 0.3) is 0 Å². The average Bonchev–Trinajstić information content (AvgIpc) is 3.03. The smallest absolute Gasteiger partial charge is 0.315 e. The largest absolute Gasteiger partial charge is 0.455 e. The van der Waals surface area contributed by atoms with Gasteiger partial charge >= 0.3 is 6.41 Å². The van der Waals surface area contributed by atoms with E-state index in [4.69, 9.17) is 4.74 Å². The second-order valence-corrected chi connectivity index (χ2v) is 5.10. The number of anilines is 1. The Morgan fingerprint density at radius 1 is 1.33 bits per heavy atom. The quantitative estimate of drug-likeness (QED) is 0.706. The van der Waals surface area contributed by atoms with Crippen LogP contribution in [0.2, 0.25) is 0 Å². The average molecular weight is 322 g/mol. The second kappa shape index (κ2) is 6.91. The zero-order chi connectivity index (χ0) is 16.9. The molecule has 0 aliphatic carbocycles. The van der Waals surface area contributed by atoms with E-state index in [1.54, 1.807) is 41.7 Å². The van der Waals surface area contributed by atoms with Crippen molar-refractivity contribution in [1.82, 2.24) is 19.7 Å². The molecule has 3 aromatic heterocycles. The summed E-state index contributed by atoms with van der Waals surface area (Å²) in [5, 5.41) is 6.56. The Bertz CT molecular complexity index is 860. The van der Waals surface area contributed by atoms with E-state index in [0.29, 0.717) is 23.7 Å². The fourth-order valence-electron chi connectivity index (χ4n) is 2.27. The Morgan fingerprint density at radius 3 is 2.92 bits per heavy atom. The van der Waals surface area contributed by atoms with Gasteiger partial charge in [0.1, 0.15) is 17.3 Å². The van der Waals surface area contributed by atoms with E-state index in [9.17, 15) is 4.79 Å². The van der Waals surface area contributed by atoms with Gasteiger partial charge in [0.05, 0.1) is 17.6 Å². The fraction of sp³-hybridized carbons (Fsp3) is 0.176. The summed E-state index contributed by atoms with van der Waals surface area (Å²) in [6.45, 7) is 1.97. The molecular weight excluding hydrogens is 306 g/mol. The highest BCUT2D eigenvalue weighted by Gasteiger charge is 2.09. The standard InChI is InChI=1S/C17H16N5O2/c1-3-14-16(4-5-17(21-14)19-11-23)24-13-6-7-18-15(8-13)12-9-20-22(2)10-12/h4-10H,3H2,1-2H3,(H,19,21,23). The van der Waals surface area contributed by atoms with Crippen LogP contribution in [0, 0.1) is 0 Å². The van der Waals surface area contributed by atoms with Crippen molar-refractivity contribution in [3.63, 3.8) is 0 Å². The summed E-state index contributed by atoms with van der Waals surface area (Å²) in [4.78, 5) is 19.1. The molecule has 0 atom stereocenters. The third kappa shape index (κ3) is 3.40. The summed E-state index contributed by atoms with van der Waals surface area (Å²) in [7, 11) is 1.86. The lowest BCUT2D eigenvalue weighted by molar-refractivity contribution is 0.473. The molecule has 0 fully saturated rings. The maximum Gasteiger partial charge on any atom is 0.315 e. The van der Waals surface area contributed by atoms with Crippen LogP contribution in [0.4, 0.5) is 5.82 Å². The van der Waals surface area contributed by atoms with Gasteiger partial charge in [-0.05, 0) is 24.6 Å². The van der Waals surface area contributed by atoms with Crippen molar-refractivity contribution in [2.24, 2.45) is 7.05 Å². The molecule has 7 heteroatoms. The molecule has 3 heterocycles. The predicted octanol–water partition coefficient (Wildman–Crippen LogP) is 2.71. The number of amides is 1. The highest BCUT2D eigenvalue weighted by atomic mass is 16.5. The van der Waals surface area contributed by atoms with Crippen LogP contribution in [0.25, 0.3) is 11.3 Å². The van der Waals surface area contributed by atoms with Gasteiger partial charge in [0, 0.05) is 31.1 Å². The molecule has 1 amide bonds. The minimum atomic E-state index is 0.444. The summed E-state index contributed by atoms with van der Waals surface area (Å²) in [5.41, 5.74) is 2.44. The van der Waals surface area contributed by atoms with Gasteiger partial charge in [-0.3, -0.25) is 14.5 Å². The summed E-state index contributed by atoms with van der Waals surface area (Å²) >= 11 is 0. The molecule has 0 aliphatic heterocycles. The number of ether oxygens (including phenoxy) is 1. The van der Waals surface area contributed by atoms with Crippen LogP contribution in [0.15, 0.2) is 42.9 Å². The number of pyridine rings is 2. The third-order valence-corrected chi connectivity index (χ3v) is 3.41. The molecule has 24 heavy (non-hydrogen) atoms. The molecule has 1 radical (unpaired) electrons. The van der Waals surface area contributed by atoms with Crippen LogP contribution in [0.5, 0.6) is 11.5 Å². The molecule has 0 unspecified atom stereocenters. The molecule has 3 rings (SSSR count). The van der Waals surface area contributed by atoms with E-state index in [-0.39, 0.29) is 0 Å². The van der Waals surface area contributed by atoms with E-state index in [1.807, 2.05) is 26.2 Å². The Morgan fingerprint density at radius 2 is 2.21 bits per heavy atom. The fourth-order valence-corrected chi connectivity index (χ4v) is 2.27. The van der Waals surface area contributed by atoms with Crippen molar-refractivity contribution >= 4 is 12.2 Å². The van der Waals surface area contributed by atoms with E-state index >= 15 is 0 Å². The van der Waals surface area contributed by atoms with Crippen LogP contribution in [-0.2, 0) is 18.3 Å². The van der Waals surface area contributed by atoms with Crippen molar-refractivity contribution in [3.05, 3.63) is 48.5 Å². The number of hydrogen-bond donors (Lipinski definition) is 1. The van der Waals surface area contributed by atoms with Crippen molar-refractivity contribution in [1.29, 1.82) is 0 Å². The summed E-state index contributed by atoms with van der Waals surface area (Å²) in [6, 6.07) is 7.07. The highest BCUT2D eigenvalue weighted by molar-refractivity contribution is 5.69. The lowest BCUT2D eigenvalue weighted by atomic mass is 10.2. The summed E-state index contributed by atoms with van der Waals surface area (Å²) < 4.78 is 7.67. The molecule has 0 saturated heterocycles. The molecule has 0 aromatic carbocycles. The topological polar surface area (TPSA) is 81.9 Å². The number of nitrogens with one attached hydrogen (secondary N) is 1. The van der Waals surface area contributed by atoms with Crippen LogP contribution in [0.3, 0.4) is 0 Å². The summed E-state index contributed by atoms with van der Waals surface area (Å²) in [5.74, 6) is 1.74. The number of aromatic nitrogens is 4. The Labute approximate surface area is 139 Å². The molecule has 1 N–H and O–H groups in total. The SMILES string of the molecule is CCc1nc(N[C]=O)ccc1Oc1ccnc(-c2cnn(C)c2)c1. The Hall–Kier alpha value is -3.22. The van der Waals surface area contributed by atoms with E-state index < -0.39 is 0 Å². The van der Waals surface area contributed by atoms with Gasteiger partial charge in [0.15, 0.2) is 0 Å². The minimum absolute atomic E-state index is 0.444. The molecule has 3 aromatic rings. The van der Waals surface area contributed by atoms with Crippen molar-refractivity contribution < 1.29 is 9.53 Å². The van der Waals surface area contributed by atoms with Gasteiger partial charge < -0.3 is 10.1 Å². The first kappa shape index (κ1) is 15.7. The zero-order valence-electron chi connectivity index (χ0n) is 13.4. The van der Waals surface area contributed by atoms with Crippen LogP contribution in [-0.4, -0.2) is 26.2 Å². The lowest BCUT2D eigenvalue weighted by Gasteiger charge is -2.11. The van der Waals surface area contributed by atoms with Crippen LogP contribution >= 0.6 is 0 Å². The molecule has 7 nitrogen and oxygen atoms in total. The van der Waals surface area contributed by atoms with Crippen LogP contribution in [0.1, 0.15) is 12.6 Å². The molecular formula is C17H16N5O2. The summed E-state index contributed by atoms with van der Waals surface area (Å²) in [6.07, 6.45) is 7.61. The van der Waals surface area contributed by atoms with Gasteiger partial charge in [-0.15, -0.1) is 0 Å². The first-order valence-electron chi connectivity index (χ1n) is 7.45. The normalized spacial score (nSPS) is 10.4. The molecule has 0 spiro atoms. The first-order chi connectivity index (χ1) is 11.7. The van der Waals surface area contributed by atoms with E-state index in [2.05, 4.69) is 20.4 Å². The lowest BCUT2D eigenvalue weighted by Crippen LogP contribution is -2.01. The minimum Gasteiger partial charge on any atom is -0.455 e. The number of carbonyl (C=O) groups excluding carboxylic acids is 1. The number of aryl methyl sites for hydroxylation is 2. The molecule has 0 saturated carbocycles. The van der Waals surface area contributed by atoms with Gasteiger partial charge in [-0.2, -0.15) is 5.10 Å². The Balaban J connectivity index is 1.87.